The Morgan fingerprint density at radius 3 is 2.92 bits per heavy atom. The molecule has 0 aromatic carbocycles. The molecule has 1 aromatic heterocycles. The second-order valence-corrected chi connectivity index (χ2v) is 4.56. The highest BCUT2D eigenvalue weighted by Gasteiger charge is 1.97. The minimum Gasteiger partial charge on any atom is -0.327 e. The van der Waals surface area contributed by atoms with E-state index in [1.807, 2.05) is 19.1 Å². The van der Waals surface area contributed by atoms with E-state index < -0.39 is 0 Å². The Labute approximate surface area is 85.1 Å². The van der Waals surface area contributed by atoms with Crippen molar-refractivity contribution in [2.24, 2.45) is 5.73 Å². The van der Waals surface area contributed by atoms with Crippen molar-refractivity contribution in [3.05, 3.63) is 22.8 Å². The molecule has 0 bridgehead atoms. The van der Waals surface area contributed by atoms with Gasteiger partial charge in [0, 0.05) is 22.5 Å². The summed E-state index contributed by atoms with van der Waals surface area (Å²) in [5.41, 5.74) is 5.61. The van der Waals surface area contributed by atoms with Gasteiger partial charge in [-0.2, -0.15) is 0 Å². The number of hydrogen-bond donors (Lipinski definition) is 1. The molecule has 0 amide bonds. The van der Waals surface area contributed by atoms with E-state index >= 15 is 0 Å². The maximum Gasteiger partial charge on any atom is 0.0961 e. The molecule has 0 saturated heterocycles. The van der Waals surface area contributed by atoms with Gasteiger partial charge in [0.1, 0.15) is 0 Å². The molecule has 0 aliphatic carbocycles. The number of rotatable bonds is 3. The maximum atomic E-state index is 5.61. The van der Waals surface area contributed by atoms with Crippen molar-refractivity contribution in [3.8, 4) is 0 Å². The number of pyridine rings is 1. The first-order chi connectivity index (χ1) is 5.68. The van der Waals surface area contributed by atoms with Gasteiger partial charge in [-0.1, -0.05) is 0 Å². The molecule has 0 aliphatic heterocycles. The first kappa shape index (κ1) is 10.0. The van der Waals surface area contributed by atoms with E-state index in [-0.39, 0.29) is 6.04 Å². The Bertz CT molecular complexity index is 235. The Balaban J connectivity index is 2.48. The van der Waals surface area contributed by atoms with Crippen molar-refractivity contribution in [2.75, 3.05) is 5.75 Å². The van der Waals surface area contributed by atoms with Gasteiger partial charge in [0.15, 0.2) is 0 Å². The molecular weight excluding hydrogens is 236 g/mol. The molecule has 1 rings (SSSR count). The van der Waals surface area contributed by atoms with Gasteiger partial charge in [-0.25, -0.2) is 4.98 Å². The summed E-state index contributed by atoms with van der Waals surface area (Å²) in [7, 11) is 0. The first-order valence-corrected chi connectivity index (χ1v) is 5.46. The van der Waals surface area contributed by atoms with Crippen LogP contribution in [0.15, 0.2) is 27.8 Å². The summed E-state index contributed by atoms with van der Waals surface area (Å²) in [5.74, 6) is 0.911. The van der Waals surface area contributed by atoms with Gasteiger partial charge in [0.25, 0.3) is 0 Å². The normalized spacial score (nSPS) is 12.9. The van der Waals surface area contributed by atoms with E-state index in [9.17, 15) is 0 Å². The third-order valence-corrected chi connectivity index (χ3v) is 2.89. The molecule has 1 aromatic rings. The fraction of sp³-hybridized carbons (Fsp3) is 0.375. The average molecular weight is 247 g/mol. The summed E-state index contributed by atoms with van der Waals surface area (Å²) in [6.07, 6.45) is 1.80. The van der Waals surface area contributed by atoms with Crippen LogP contribution in [0.25, 0.3) is 0 Å². The van der Waals surface area contributed by atoms with Crippen LogP contribution < -0.4 is 5.73 Å². The van der Waals surface area contributed by atoms with Crippen LogP contribution in [-0.4, -0.2) is 16.8 Å². The lowest BCUT2D eigenvalue weighted by molar-refractivity contribution is 0.846. The van der Waals surface area contributed by atoms with Gasteiger partial charge in [-0.3, -0.25) is 0 Å². The smallest absolute Gasteiger partial charge is 0.0961 e. The number of nitrogens with two attached hydrogens (primary N) is 1. The van der Waals surface area contributed by atoms with Crippen LogP contribution in [0.4, 0.5) is 0 Å². The van der Waals surface area contributed by atoms with Gasteiger partial charge >= 0.3 is 0 Å². The van der Waals surface area contributed by atoms with Crippen molar-refractivity contribution >= 4 is 27.7 Å². The van der Waals surface area contributed by atoms with Crippen LogP contribution in [0, 0.1) is 0 Å². The lowest BCUT2D eigenvalue weighted by Crippen LogP contribution is -2.17. The predicted octanol–water partition coefficient (Wildman–Crippen LogP) is 2.28. The van der Waals surface area contributed by atoms with Crippen molar-refractivity contribution in [1.82, 2.24) is 4.98 Å². The van der Waals surface area contributed by atoms with E-state index in [4.69, 9.17) is 5.73 Å². The van der Waals surface area contributed by atoms with E-state index in [2.05, 4.69) is 20.9 Å². The molecule has 0 radical (unpaired) electrons. The number of thioether (sulfide) groups is 1. The summed E-state index contributed by atoms with van der Waals surface area (Å²) in [4.78, 5) is 4.21. The van der Waals surface area contributed by atoms with E-state index in [0.29, 0.717) is 0 Å². The Kier molecular flexibility index (Phi) is 4.05. The van der Waals surface area contributed by atoms with Crippen molar-refractivity contribution in [1.29, 1.82) is 0 Å². The predicted molar refractivity (Wildman–Crippen MR) is 56.3 cm³/mol. The monoisotopic (exact) mass is 246 g/mol. The summed E-state index contributed by atoms with van der Waals surface area (Å²) in [6.45, 7) is 1.99. The fourth-order valence-electron chi connectivity index (χ4n) is 0.664. The van der Waals surface area contributed by atoms with Gasteiger partial charge in [-0.05, 0) is 35.0 Å². The summed E-state index contributed by atoms with van der Waals surface area (Å²) < 4.78 is 1.01. The molecule has 0 aliphatic rings. The molecule has 0 fully saturated rings. The van der Waals surface area contributed by atoms with Gasteiger partial charge in [0.2, 0.25) is 0 Å². The summed E-state index contributed by atoms with van der Waals surface area (Å²) in [6, 6.07) is 4.19. The van der Waals surface area contributed by atoms with Crippen LogP contribution in [0.3, 0.4) is 0 Å². The number of nitrogens with zero attached hydrogens (tertiary/aromatic N) is 1. The molecule has 66 valence electrons. The molecule has 0 spiro atoms. The van der Waals surface area contributed by atoms with Crippen LogP contribution in [0.1, 0.15) is 6.92 Å². The zero-order valence-electron chi connectivity index (χ0n) is 6.83. The van der Waals surface area contributed by atoms with E-state index in [1.54, 1.807) is 18.0 Å². The summed E-state index contributed by atoms with van der Waals surface area (Å²) >= 11 is 5.01. The number of hydrogen-bond acceptors (Lipinski definition) is 3. The van der Waals surface area contributed by atoms with Crippen molar-refractivity contribution < 1.29 is 0 Å². The molecule has 1 heterocycles. The lowest BCUT2D eigenvalue weighted by Gasteiger charge is -2.03. The highest BCUT2D eigenvalue weighted by atomic mass is 79.9. The third-order valence-electron chi connectivity index (χ3n) is 1.19. The largest absolute Gasteiger partial charge is 0.327 e. The van der Waals surface area contributed by atoms with Gasteiger partial charge < -0.3 is 5.73 Å². The molecule has 12 heavy (non-hydrogen) atoms. The van der Waals surface area contributed by atoms with Gasteiger partial charge in [-0.15, -0.1) is 11.8 Å². The molecule has 2 N–H and O–H groups in total. The molecule has 2 nitrogen and oxygen atoms in total. The second kappa shape index (κ2) is 4.84. The average Bonchev–Trinajstić information content (AvgIpc) is 2.03. The minimum absolute atomic E-state index is 0.223. The quantitative estimate of drug-likeness (QED) is 0.833. The number of halogens is 1. The standard InChI is InChI=1S/C8H11BrN2S/c1-6(10)5-12-8-3-2-7(9)4-11-8/h2-4,6H,5,10H2,1H3/t6-/m0/s1. The zero-order valence-corrected chi connectivity index (χ0v) is 9.23. The SMILES string of the molecule is C[C@H](N)CSc1ccc(Br)cn1. The van der Waals surface area contributed by atoms with Crippen LogP contribution in [-0.2, 0) is 0 Å². The first-order valence-electron chi connectivity index (χ1n) is 3.68. The van der Waals surface area contributed by atoms with Crippen LogP contribution in [0.2, 0.25) is 0 Å². The maximum absolute atomic E-state index is 5.61. The van der Waals surface area contributed by atoms with Crippen LogP contribution in [0.5, 0.6) is 0 Å². The van der Waals surface area contributed by atoms with E-state index in [0.717, 1.165) is 15.3 Å². The zero-order chi connectivity index (χ0) is 8.97. The van der Waals surface area contributed by atoms with Crippen LogP contribution >= 0.6 is 27.7 Å². The minimum atomic E-state index is 0.223. The van der Waals surface area contributed by atoms with Crippen molar-refractivity contribution in [2.45, 2.75) is 18.0 Å². The fourth-order valence-corrected chi connectivity index (χ4v) is 1.62. The van der Waals surface area contributed by atoms with E-state index in [1.165, 1.54) is 0 Å². The third kappa shape index (κ3) is 3.56. The Hall–Kier alpha value is -0.0600. The molecule has 0 unspecified atom stereocenters. The second-order valence-electron chi connectivity index (χ2n) is 2.60. The number of aromatic nitrogens is 1. The molecule has 1 atom stereocenters. The molecular formula is C8H11BrN2S. The highest BCUT2D eigenvalue weighted by Crippen LogP contribution is 2.17. The molecule has 0 saturated carbocycles. The van der Waals surface area contributed by atoms with Crippen molar-refractivity contribution in [3.63, 3.8) is 0 Å². The highest BCUT2D eigenvalue weighted by molar-refractivity contribution is 9.10. The topological polar surface area (TPSA) is 38.9 Å². The van der Waals surface area contributed by atoms with Gasteiger partial charge in [0.05, 0.1) is 5.03 Å². The molecule has 4 heteroatoms. The lowest BCUT2D eigenvalue weighted by atomic mass is 10.4. The summed E-state index contributed by atoms with van der Waals surface area (Å²) in [5, 5.41) is 1.02. The Morgan fingerprint density at radius 1 is 1.67 bits per heavy atom. The Morgan fingerprint density at radius 2 is 2.42 bits per heavy atom.